The molecule has 4 unspecified atom stereocenters. The second-order valence-electron chi connectivity index (χ2n) is 13.2. The van der Waals surface area contributed by atoms with Crippen LogP contribution in [0, 0.1) is 40.9 Å². The van der Waals surface area contributed by atoms with Crippen molar-refractivity contribution in [1.82, 2.24) is 0 Å². The van der Waals surface area contributed by atoms with Gasteiger partial charge in [0.25, 0.3) is 0 Å². The maximum Gasteiger partial charge on any atom is 0.310 e. The number of hydrogen-bond donors (Lipinski definition) is 2. The predicted molar refractivity (Wildman–Crippen MR) is 150 cm³/mol. The van der Waals surface area contributed by atoms with Crippen molar-refractivity contribution in [1.29, 1.82) is 0 Å². The number of carboxylic acids is 2. The number of aliphatic carboxylic acids is 2. The van der Waals surface area contributed by atoms with Crippen molar-refractivity contribution >= 4 is 23.9 Å². The molecule has 3 fully saturated rings. The van der Waals surface area contributed by atoms with Gasteiger partial charge < -0.3 is 19.7 Å². The molecule has 3 saturated carbocycles. The summed E-state index contributed by atoms with van der Waals surface area (Å²) >= 11 is 0. The summed E-state index contributed by atoms with van der Waals surface area (Å²) in [7, 11) is 0. The Hall–Kier alpha value is -2.12. The van der Waals surface area contributed by atoms with E-state index in [1.807, 2.05) is 13.8 Å². The summed E-state index contributed by atoms with van der Waals surface area (Å²) < 4.78 is 11.7. The van der Waals surface area contributed by atoms with Gasteiger partial charge in [0.05, 0.1) is 23.7 Å². The maximum atomic E-state index is 12.9. The first-order valence-electron chi connectivity index (χ1n) is 15.9. The zero-order valence-corrected chi connectivity index (χ0v) is 25.1. The molecule has 40 heavy (non-hydrogen) atoms. The van der Waals surface area contributed by atoms with Crippen LogP contribution in [-0.4, -0.2) is 46.3 Å². The number of carbonyl (C=O) groups excluding carboxylic acids is 2. The third-order valence-corrected chi connectivity index (χ3v) is 10.5. The Morgan fingerprint density at radius 1 is 0.725 bits per heavy atom. The number of rotatable bonds is 12. The van der Waals surface area contributed by atoms with Gasteiger partial charge in [0.15, 0.2) is 0 Å². The van der Waals surface area contributed by atoms with Crippen LogP contribution in [0.3, 0.4) is 0 Å². The van der Waals surface area contributed by atoms with E-state index in [2.05, 4.69) is 13.8 Å². The fourth-order valence-electron chi connectivity index (χ4n) is 7.82. The summed E-state index contributed by atoms with van der Waals surface area (Å²) in [6.45, 7) is 8.46. The molecule has 3 rings (SSSR count). The normalized spacial score (nSPS) is 31.0. The quantitative estimate of drug-likeness (QED) is 0.253. The van der Waals surface area contributed by atoms with Crippen LogP contribution in [0.15, 0.2) is 0 Å². The number of hydrogen-bond acceptors (Lipinski definition) is 6. The molecular weight excluding hydrogens is 512 g/mol. The average Bonchev–Trinajstić information content (AvgIpc) is 2.93. The molecule has 0 radical (unpaired) electrons. The van der Waals surface area contributed by atoms with Crippen LogP contribution in [0.5, 0.6) is 0 Å². The second kappa shape index (κ2) is 14.7. The topological polar surface area (TPSA) is 127 Å². The lowest BCUT2D eigenvalue weighted by molar-refractivity contribution is -0.166. The molecule has 3 aliphatic rings. The van der Waals surface area contributed by atoms with Crippen molar-refractivity contribution in [3.8, 4) is 0 Å². The molecule has 8 heteroatoms. The fraction of sp³-hybridized carbons (Fsp3) is 0.875. The highest BCUT2D eigenvalue weighted by molar-refractivity contribution is 5.82. The molecule has 228 valence electrons. The largest absolute Gasteiger partial charge is 0.481 e. The van der Waals surface area contributed by atoms with Crippen LogP contribution in [0.2, 0.25) is 0 Å². The van der Waals surface area contributed by atoms with Crippen LogP contribution in [0.1, 0.15) is 124 Å². The van der Waals surface area contributed by atoms with Gasteiger partial charge >= 0.3 is 23.9 Å². The summed E-state index contributed by atoms with van der Waals surface area (Å²) in [5.41, 5.74) is 0.114. The lowest BCUT2D eigenvalue weighted by atomic mass is 9.60. The molecule has 2 N–H and O–H groups in total. The zero-order valence-electron chi connectivity index (χ0n) is 25.1. The minimum atomic E-state index is -0.925. The smallest absolute Gasteiger partial charge is 0.310 e. The average molecular weight is 565 g/mol. The van der Waals surface area contributed by atoms with E-state index in [1.165, 1.54) is 0 Å². The number of carbonyl (C=O) groups is 4. The predicted octanol–water partition coefficient (Wildman–Crippen LogP) is 6.63. The van der Waals surface area contributed by atoms with Crippen molar-refractivity contribution in [2.45, 2.75) is 136 Å². The van der Waals surface area contributed by atoms with Crippen LogP contribution in [-0.2, 0) is 28.7 Å². The summed E-state index contributed by atoms with van der Waals surface area (Å²) in [6.07, 6.45) is 11.5. The molecule has 4 atom stereocenters. The van der Waals surface area contributed by atoms with E-state index in [4.69, 9.17) is 9.47 Å². The summed E-state index contributed by atoms with van der Waals surface area (Å²) in [6, 6.07) is 0. The van der Waals surface area contributed by atoms with E-state index in [1.54, 1.807) is 0 Å². The van der Waals surface area contributed by atoms with E-state index in [9.17, 15) is 29.4 Å². The molecule has 3 aliphatic carbocycles. The number of esters is 2. The molecule has 0 aromatic rings. The Balaban J connectivity index is 1.47. The zero-order chi connectivity index (χ0) is 29.4. The summed E-state index contributed by atoms with van der Waals surface area (Å²) in [5.74, 6) is -3.87. The molecule has 8 nitrogen and oxygen atoms in total. The van der Waals surface area contributed by atoms with Crippen molar-refractivity contribution in [2.24, 2.45) is 40.9 Å². The fourth-order valence-corrected chi connectivity index (χ4v) is 7.82. The minimum Gasteiger partial charge on any atom is -0.481 e. The van der Waals surface area contributed by atoms with Crippen LogP contribution in [0.4, 0.5) is 0 Å². The Morgan fingerprint density at radius 2 is 1.23 bits per heavy atom. The highest BCUT2D eigenvalue weighted by atomic mass is 16.5. The van der Waals surface area contributed by atoms with Gasteiger partial charge in [-0.2, -0.15) is 0 Å². The molecular formula is C32H52O8. The third-order valence-electron chi connectivity index (χ3n) is 10.5. The van der Waals surface area contributed by atoms with Crippen LogP contribution < -0.4 is 0 Å². The van der Waals surface area contributed by atoms with Crippen molar-refractivity contribution in [3.05, 3.63) is 0 Å². The van der Waals surface area contributed by atoms with Gasteiger partial charge in [-0.15, -0.1) is 0 Å². The molecule has 0 heterocycles. The lowest BCUT2D eigenvalue weighted by Crippen LogP contribution is -2.41. The monoisotopic (exact) mass is 564 g/mol. The van der Waals surface area contributed by atoms with Gasteiger partial charge in [-0.25, -0.2) is 0 Å². The molecule has 0 spiro atoms. The number of carboxylic acid groups (broad SMARTS) is 2. The Labute approximate surface area is 239 Å². The van der Waals surface area contributed by atoms with Crippen LogP contribution in [0.25, 0.3) is 0 Å². The third kappa shape index (κ3) is 8.00. The first kappa shape index (κ1) is 32.4. The van der Waals surface area contributed by atoms with Gasteiger partial charge in [0.1, 0.15) is 12.2 Å². The minimum absolute atomic E-state index is 0.114. The molecule has 0 aliphatic heterocycles. The van der Waals surface area contributed by atoms with Gasteiger partial charge in [-0.3, -0.25) is 19.2 Å². The van der Waals surface area contributed by atoms with Gasteiger partial charge in [0, 0.05) is 0 Å². The van der Waals surface area contributed by atoms with Gasteiger partial charge in [-0.05, 0) is 94.3 Å². The molecule has 0 bridgehead atoms. The lowest BCUT2D eigenvalue weighted by Gasteiger charge is -2.46. The second-order valence-corrected chi connectivity index (χ2v) is 13.2. The molecule has 0 aromatic carbocycles. The van der Waals surface area contributed by atoms with E-state index < -0.39 is 35.6 Å². The van der Waals surface area contributed by atoms with Gasteiger partial charge in [-0.1, -0.05) is 47.0 Å². The molecule has 0 aromatic heterocycles. The van der Waals surface area contributed by atoms with E-state index in [0.29, 0.717) is 37.5 Å². The van der Waals surface area contributed by atoms with Crippen LogP contribution >= 0.6 is 0 Å². The van der Waals surface area contributed by atoms with Crippen molar-refractivity contribution < 1.29 is 38.9 Å². The summed E-state index contributed by atoms with van der Waals surface area (Å²) in [4.78, 5) is 49.1. The van der Waals surface area contributed by atoms with Gasteiger partial charge in [0.2, 0.25) is 0 Å². The maximum absolute atomic E-state index is 12.9. The first-order chi connectivity index (χ1) is 19.0. The van der Waals surface area contributed by atoms with E-state index in [0.717, 1.165) is 70.6 Å². The molecule has 0 saturated heterocycles. The van der Waals surface area contributed by atoms with Crippen molar-refractivity contribution in [3.63, 3.8) is 0 Å². The van der Waals surface area contributed by atoms with E-state index in [-0.39, 0.29) is 29.6 Å². The Bertz CT molecular complexity index is 866. The highest BCUT2D eigenvalue weighted by Gasteiger charge is 2.43. The number of ether oxygens (including phenoxy) is 2. The standard InChI is InChI=1S/C32H52O8/c1-5-9-26(24(6-2)28(33)34)30(37)39-22-16-12-20(13-17-22)32(3,4)21-14-18-23(19-15-21)40-31(38)27-11-8-7-10-25(27)29(35)36/h20-27H,5-19H2,1-4H3,(H,33,34)(H,35,36). The van der Waals surface area contributed by atoms with E-state index >= 15 is 0 Å². The first-order valence-corrected chi connectivity index (χ1v) is 15.9. The molecule has 0 amide bonds. The Morgan fingerprint density at radius 3 is 1.68 bits per heavy atom. The SMILES string of the molecule is CCCC(C(=O)OC1CCC(C(C)(C)C2CCC(OC(=O)C3CCCCC3C(=O)O)CC2)CC1)C(CC)C(=O)O. The van der Waals surface area contributed by atoms with Crippen molar-refractivity contribution in [2.75, 3.05) is 0 Å². The highest BCUT2D eigenvalue weighted by Crippen LogP contribution is 2.49. The summed E-state index contributed by atoms with van der Waals surface area (Å²) in [5, 5.41) is 19.1. The Kier molecular flexibility index (Phi) is 11.9.